The Bertz CT molecular complexity index is 827. The highest BCUT2D eigenvalue weighted by molar-refractivity contribution is 7.99. The molecule has 0 saturated heterocycles. The molecule has 6 heteroatoms. The van der Waals surface area contributed by atoms with Gasteiger partial charge in [0.2, 0.25) is 0 Å². The van der Waals surface area contributed by atoms with Gasteiger partial charge in [-0.25, -0.2) is 4.98 Å². The van der Waals surface area contributed by atoms with Crippen LogP contribution < -0.4 is 4.74 Å². The SMILES string of the molecule is CCOC(=O)Cc1ccc(OCCCCSc2nc3ccccc3o2)cc1. The Morgan fingerprint density at radius 3 is 2.70 bits per heavy atom. The van der Waals surface area contributed by atoms with Crippen LogP contribution in [-0.4, -0.2) is 29.9 Å². The van der Waals surface area contributed by atoms with E-state index in [1.165, 1.54) is 0 Å². The maximum atomic E-state index is 11.5. The molecule has 5 nitrogen and oxygen atoms in total. The zero-order valence-corrected chi connectivity index (χ0v) is 16.2. The molecule has 1 aromatic heterocycles. The van der Waals surface area contributed by atoms with E-state index in [4.69, 9.17) is 13.9 Å². The van der Waals surface area contributed by atoms with Gasteiger partial charge in [0.25, 0.3) is 5.22 Å². The Hall–Kier alpha value is -2.47. The smallest absolute Gasteiger partial charge is 0.310 e. The van der Waals surface area contributed by atoms with Crippen molar-refractivity contribution in [1.29, 1.82) is 0 Å². The van der Waals surface area contributed by atoms with Crippen molar-refractivity contribution in [1.82, 2.24) is 4.98 Å². The maximum absolute atomic E-state index is 11.5. The van der Waals surface area contributed by atoms with Crippen LogP contribution in [0.3, 0.4) is 0 Å². The molecule has 0 atom stereocenters. The third-order valence-corrected chi connectivity index (χ3v) is 4.80. The van der Waals surface area contributed by atoms with E-state index in [1.54, 1.807) is 18.7 Å². The second-order valence-corrected chi connectivity index (χ2v) is 7.02. The molecule has 0 unspecified atom stereocenters. The molecular weight excluding hydrogens is 362 g/mol. The van der Waals surface area contributed by atoms with Crippen molar-refractivity contribution in [3.05, 3.63) is 54.1 Å². The van der Waals surface area contributed by atoms with Crippen molar-refractivity contribution in [3.8, 4) is 5.75 Å². The first-order valence-electron chi connectivity index (χ1n) is 9.10. The molecule has 0 aliphatic rings. The van der Waals surface area contributed by atoms with Crippen molar-refractivity contribution in [2.75, 3.05) is 19.0 Å². The van der Waals surface area contributed by atoms with Gasteiger partial charge < -0.3 is 13.9 Å². The van der Waals surface area contributed by atoms with Crippen molar-refractivity contribution in [2.45, 2.75) is 31.4 Å². The Labute approximate surface area is 163 Å². The highest BCUT2D eigenvalue weighted by Gasteiger charge is 2.06. The summed E-state index contributed by atoms with van der Waals surface area (Å²) in [5.74, 6) is 1.55. The Kier molecular flexibility index (Phi) is 7.16. The van der Waals surface area contributed by atoms with E-state index in [0.717, 1.165) is 41.0 Å². The van der Waals surface area contributed by atoms with Gasteiger partial charge in [0.1, 0.15) is 11.3 Å². The predicted octanol–water partition coefficient (Wildman–Crippen LogP) is 4.88. The molecule has 0 N–H and O–H groups in total. The number of nitrogens with zero attached hydrogens (tertiary/aromatic N) is 1. The van der Waals surface area contributed by atoms with Crippen LogP contribution in [0.15, 0.2) is 58.2 Å². The summed E-state index contributed by atoms with van der Waals surface area (Å²) < 4.78 is 16.4. The fraction of sp³-hybridized carbons (Fsp3) is 0.333. The Morgan fingerprint density at radius 1 is 1.11 bits per heavy atom. The first-order chi connectivity index (χ1) is 13.2. The second kappa shape index (κ2) is 10.0. The van der Waals surface area contributed by atoms with Crippen LogP contribution in [0.1, 0.15) is 25.3 Å². The zero-order chi connectivity index (χ0) is 18.9. The number of aromatic nitrogens is 1. The number of para-hydroxylation sites is 2. The lowest BCUT2D eigenvalue weighted by Gasteiger charge is -2.07. The number of rotatable bonds is 10. The number of carbonyl (C=O) groups excluding carboxylic acids is 1. The van der Waals surface area contributed by atoms with Gasteiger partial charge in [0.15, 0.2) is 5.58 Å². The van der Waals surface area contributed by atoms with Gasteiger partial charge in [-0.15, -0.1) is 0 Å². The topological polar surface area (TPSA) is 61.6 Å². The van der Waals surface area contributed by atoms with E-state index in [0.29, 0.717) is 24.9 Å². The number of carbonyl (C=O) groups is 1. The summed E-state index contributed by atoms with van der Waals surface area (Å²) in [6.45, 7) is 2.87. The molecule has 27 heavy (non-hydrogen) atoms. The van der Waals surface area contributed by atoms with Crippen LogP contribution in [0.4, 0.5) is 0 Å². The number of benzene rings is 2. The second-order valence-electron chi connectivity index (χ2n) is 5.98. The zero-order valence-electron chi connectivity index (χ0n) is 15.3. The van der Waals surface area contributed by atoms with Crippen LogP contribution >= 0.6 is 11.8 Å². The van der Waals surface area contributed by atoms with Gasteiger partial charge in [-0.1, -0.05) is 36.0 Å². The van der Waals surface area contributed by atoms with E-state index in [2.05, 4.69) is 4.98 Å². The molecule has 0 saturated carbocycles. The lowest BCUT2D eigenvalue weighted by molar-refractivity contribution is -0.142. The van der Waals surface area contributed by atoms with E-state index >= 15 is 0 Å². The van der Waals surface area contributed by atoms with Crippen LogP contribution in [0, 0.1) is 0 Å². The number of ether oxygens (including phenoxy) is 2. The number of hydrogen-bond acceptors (Lipinski definition) is 6. The molecule has 0 aliphatic carbocycles. The third kappa shape index (κ3) is 6.03. The Morgan fingerprint density at radius 2 is 1.93 bits per heavy atom. The summed E-state index contributed by atoms with van der Waals surface area (Å²) in [5, 5.41) is 0.717. The largest absolute Gasteiger partial charge is 0.494 e. The van der Waals surface area contributed by atoms with Crippen molar-refractivity contribution >= 4 is 28.8 Å². The third-order valence-electron chi connectivity index (χ3n) is 3.88. The minimum absolute atomic E-state index is 0.206. The van der Waals surface area contributed by atoms with Gasteiger partial charge in [-0.2, -0.15) is 0 Å². The molecule has 0 aliphatic heterocycles. The van der Waals surface area contributed by atoms with E-state index in [9.17, 15) is 4.79 Å². The van der Waals surface area contributed by atoms with Gasteiger partial charge >= 0.3 is 5.97 Å². The average Bonchev–Trinajstić information content (AvgIpc) is 3.09. The maximum Gasteiger partial charge on any atom is 0.310 e. The van der Waals surface area contributed by atoms with Gasteiger partial charge in [0.05, 0.1) is 19.6 Å². The molecule has 3 aromatic rings. The van der Waals surface area contributed by atoms with E-state index in [1.807, 2.05) is 48.5 Å². The summed E-state index contributed by atoms with van der Waals surface area (Å²) in [7, 11) is 0. The first kappa shape index (κ1) is 19.3. The molecule has 1 heterocycles. The highest BCUT2D eigenvalue weighted by atomic mass is 32.2. The predicted molar refractivity (Wildman–Crippen MR) is 106 cm³/mol. The fourth-order valence-electron chi connectivity index (χ4n) is 2.55. The molecule has 3 rings (SSSR count). The summed E-state index contributed by atoms with van der Waals surface area (Å²) in [6.07, 6.45) is 2.27. The quantitative estimate of drug-likeness (QED) is 0.281. The lowest BCUT2D eigenvalue weighted by atomic mass is 10.1. The number of oxazole rings is 1. The molecule has 0 radical (unpaired) electrons. The number of hydrogen-bond donors (Lipinski definition) is 0. The van der Waals surface area contributed by atoms with Crippen LogP contribution in [0.2, 0.25) is 0 Å². The minimum atomic E-state index is -0.206. The number of unbranched alkanes of at least 4 members (excludes halogenated alkanes) is 1. The number of fused-ring (bicyclic) bond motifs is 1. The molecule has 142 valence electrons. The molecule has 2 aromatic carbocycles. The number of esters is 1. The van der Waals surface area contributed by atoms with Crippen molar-refractivity contribution in [3.63, 3.8) is 0 Å². The number of thioether (sulfide) groups is 1. The van der Waals surface area contributed by atoms with Gasteiger partial charge in [-0.3, -0.25) is 4.79 Å². The molecule has 0 fully saturated rings. The summed E-state index contributed by atoms with van der Waals surface area (Å²) >= 11 is 1.63. The van der Waals surface area contributed by atoms with Crippen molar-refractivity contribution < 1.29 is 18.7 Å². The normalized spacial score (nSPS) is 10.9. The highest BCUT2D eigenvalue weighted by Crippen LogP contribution is 2.24. The van der Waals surface area contributed by atoms with E-state index < -0.39 is 0 Å². The summed E-state index contributed by atoms with van der Waals surface area (Å²) in [4.78, 5) is 15.9. The summed E-state index contributed by atoms with van der Waals surface area (Å²) in [6, 6.07) is 15.4. The lowest BCUT2D eigenvalue weighted by Crippen LogP contribution is -2.07. The van der Waals surface area contributed by atoms with Gasteiger partial charge in [0, 0.05) is 5.75 Å². The van der Waals surface area contributed by atoms with Crippen LogP contribution in [0.5, 0.6) is 5.75 Å². The van der Waals surface area contributed by atoms with Gasteiger partial charge in [-0.05, 0) is 49.6 Å². The van der Waals surface area contributed by atoms with Crippen molar-refractivity contribution in [2.24, 2.45) is 0 Å². The average molecular weight is 385 g/mol. The summed E-state index contributed by atoms with van der Waals surface area (Å²) in [5.41, 5.74) is 2.65. The standard InChI is InChI=1S/C21H23NO4S/c1-2-24-20(23)15-16-9-11-17(12-10-16)25-13-5-6-14-27-21-22-18-7-3-4-8-19(18)26-21/h3-4,7-12H,2,5-6,13-15H2,1H3. The molecule has 0 bridgehead atoms. The Balaban J connectivity index is 1.32. The molecule has 0 amide bonds. The first-order valence-corrected chi connectivity index (χ1v) is 10.1. The van der Waals surface area contributed by atoms with E-state index in [-0.39, 0.29) is 5.97 Å². The van der Waals surface area contributed by atoms with Crippen LogP contribution in [-0.2, 0) is 16.0 Å². The monoisotopic (exact) mass is 385 g/mol. The molecular formula is C21H23NO4S. The molecule has 0 spiro atoms. The fourth-order valence-corrected chi connectivity index (χ4v) is 3.38. The minimum Gasteiger partial charge on any atom is -0.494 e. The van der Waals surface area contributed by atoms with Crippen LogP contribution in [0.25, 0.3) is 11.1 Å².